The van der Waals surface area contributed by atoms with E-state index < -0.39 is 11.9 Å². The van der Waals surface area contributed by atoms with Gasteiger partial charge in [-0.2, -0.15) is 0 Å². The molecule has 0 aliphatic carbocycles. The van der Waals surface area contributed by atoms with Crippen molar-refractivity contribution in [1.29, 1.82) is 0 Å². The average Bonchev–Trinajstić information content (AvgIpc) is 3.04. The van der Waals surface area contributed by atoms with Crippen LogP contribution in [0.4, 0.5) is 0 Å². The Labute approximate surface area is 165 Å². The summed E-state index contributed by atoms with van der Waals surface area (Å²) >= 11 is 0. The summed E-state index contributed by atoms with van der Waals surface area (Å²) < 4.78 is 0. The van der Waals surface area contributed by atoms with Gasteiger partial charge in [-0.15, -0.1) is 0 Å². The van der Waals surface area contributed by atoms with E-state index in [-0.39, 0.29) is 23.8 Å². The molecule has 3 aromatic rings. The second kappa shape index (κ2) is 6.41. The highest BCUT2D eigenvalue weighted by molar-refractivity contribution is 6.05. The fourth-order valence-corrected chi connectivity index (χ4v) is 4.11. The number of aromatic amines is 1. The molecule has 1 unspecified atom stereocenters. The van der Waals surface area contributed by atoms with Gasteiger partial charge in [0.1, 0.15) is 6.04 Å². The molecule has 2 N–H and O–H groups in total. The van der Waals surface area contributed by atoms with Crippen molar-refractivity contribution in [2.45, 2.75) is 25.4 Å². The first-order valence-corrected chi connectivity index (χ1v) is 9.41. The number of amides is 3. The van der Waals surface area contributed by atoms with Crippen molar-refractivity contribution in [3.05, 3.63) is 70.0 Å². The highest BCUT2D eigenvalue weighted by Gasteiger charge is 2.39. The van der Waals surface area contributed by atoms with E-state index >= 15 is 0 Å². The number of carbonyl (C=O) groups excluding carboxylic acids is 3. The topological polar surface area (TPSA) is 99.3 Å². The number of carbonyl (C=O) groups is 3. The molecule has 29 heavy (non-hydrogen) atoms. The molecule has 1 atom stereocenters. The Balaban J connectivity index is 1.50. The van der Waals surface area contributed by atoms with E-state index in [9.17, 15) is 19.2 Å². The molecule has 0 radical (unpaired) electrons. The molecule has 0 bridgehead atoms. The van der Waals surface area contributed by atoms with Gasteiger partial charge in [0.25, 0.3) is 11.5 Å². The van der Waals surface area contributed by atoms with E-state index in [1.807, 2.05) is 30.3 Å². The van der Waals surface area contributed by atoms with E-state index in [2.05, 4.69) is 10.3 Å². The number of imide groups is 1. The minimum Gasteiger partial charge on any atom is -0.322 e. The fraction of sp³-hybridized carbons (Fsp3) is 0.182. The van der Waals surface area contributed by atoms with Gasteiger partial charge >= 0.3 is 0 Å². The second-order valence-electron chi connectivity index (χ2n) is 7.37. The molecule has 5 rings (SSSR count). The van der Waals surface area contributed by atoms with Gasteiger partial charge in [-0.25, -0.2) is 0 Å². The molecule has 1 saturated heterocycles. The van der Waals surface area contributed by atoms with E-state index in [1.165, 1.54) is 4.90 Å². The predicted molar refractivity (Wildman–Crippen MR) is 106 cm³/mol. The van der Waals surface area contributed by atoms with Gasteiger partial charge in [-0.05, 0) is 47.2 Å². The number of hydrogen-bond acceptors (Lipinski definition) is 4. The lowest BCUT2D eigenvalue weighted by Gasteiger charge is -2.29. The number of piperidine rings is 1. The standard InChI is InChI=1S/C22H17N3O4/c26-19-8-7-18(21(28)24-19)25-11-14-9-13(5-6-16(14)22(25)29)17-10-12-3-1-2-4-15(12)20(27)23-17/h1-6,9-10,18H,7-8,11H2,(H,23,27)(H,24,26,28). The highest BCUT2D eigenvalue weighted by Crippen LogP contribution is 2.31. The van der Waals surface area contributed by atoms with Gasteiger partial charge in [-0.1, -0.05) is 24.3 Å². The molecule has 7 nitrogen and oxygen atoms in total. The maximum absolute atomic E-state index is 12.8. The van der Waals surface area contributed by atoms with Gasteiger partial charge in [0.2, 0.25) is 11.8 Å². The molecule has 2 aliphatic rings. The molecular weight excluding hydrogens is 370 g/mol. The first-order chi connectivity index (χ1) is 14.0. The molecule has 0 spiro atoms. The molecule has 7 heteroatoms. The van der Waals surface area contributed by atoms with Crippen molar-refractivity contribution in [2.24, 2.45) is 0 Å². The van der Waals surface area contributed by atoms with Crippen LogP contribution >= 0.6 is 0 Å². The maximum Gasteiger partial charge on any atom is 0.256 e. The van der Waals surface area contributed by atoms with Crippen LogP contribution in [0.5, 0.6) is 0 Å². The number of pyridine rings is 1. The Bertz CT molecular complexity index is 1260. The van der Waals surface area contributed by atoms with Gasteiger partial charge in [0.15, 0.2) is 0 Å². The quantitative estimate of drug-likeness (QED) is 0.657. The lowest BCUT2D eigenvalue weighted by Crippen LogP contribution is -2.52. The minimum absolute atomic E-state index is 0.167. The minimum atomic E-state index is -0.642. The molecule has 0 saturated carbocycles. The SMILES string of the molecule is O=C1CCC(N2Cc3cc(-c4cc5ccccc5c(=O)[nH]4)ccc3C2=O)C(=O)N1. The summed E-state index contributed by atoms with van der Waals surface area (Å²) in [7, 11) is 0. The third-order valence-corrected chi connectivity index (χ3v) is 5.59. The largest absolute Gasteiger partial charge is 0.322 e. The first kappa shape index (κ1) is 17.4. The lowest BCUT2D eigenvalue weighted by molar-refractivity contribution is -0.136. The fourth-order valence-electron chi connectivity index (χ4n) is 4.11. The third-order valence-electron chi connectivity index (χ3n) is 5.59. The summed E-state index contributed by atoms with van der Waals surface area (Å²) in [6.07, 6.45) is 0.551. The zero-order chi connectivity index (χ0) is 20.1. The monoisotopic (exact) mass is 387 g/mol. The first-order valence-electron chi connectivity index (χ1n) is 9.41. The van der Waals surface area contributed by atoms with Crippen LogP contribution in [0.2, 0.25) is 0 Å². The Morgan fingerprint density at radius 2 is 1.79 bits per heavy atom. The van der Waals surface area contributed by atoms with Crippen LogP contribution in [-0.4, -0.2) is 33.6 Å². The van der Waals surface area contributed by atoms with Crippen LogP contribution in [0.1, 0.15) is 28.8 Å². The molecule has 2 aromatic carbocycles. The summed E-state index contributed by atoms with van der Waals surface area (Å²) in [5.74, 6) is -0.951. The Morgan fingerprint density at radius 3 is 2.62 bits per heavy atom. The zero-order valence-electron chi connectivity index (χ0n) is 15.4. The molecular formula is C22H17N3O4. The van der Waals surface area contributed by atoms with Crippen LogP contribution in [0, 0.1) is 0 Å². The van der Waals surface area contributed by atoms with Crippen LogP contribution in [0.15, 0.2) is 53.3 Å². The second-order valence-corrected chi connectivity index (χ2v) is 7.37. The Kier molecular flexibility index (Phi) is 3.84. The normalized spacial score (nSPS) is 18.8. The summed E-state index contributed by atoms with van der Waals surface area (Å²) in [6, 6.07) is 14.0. The van der Waals surface area contributed by atoms with Crippen LogP contribution in [0.3, 0.4) is 0 Å². The Morgan fingerprint density at radius 1 is 0.966 bits per heavy atom. The van der Waals surface area contributed by atoms with Crippen molar-refractivity contribution in [3.8, 4) is 11.3 Å². The van der Waals surface area contributed by atoms with Crippen LogP contribution < -0.4 is 10.9 Å². The number of aromatic nitrogens is 1. The average molecular weight is 387 g/mol. The summed E-state index contributed by atoms with van der Waals surface area (Å²) in [5.41, 5.74) is 2.64. The van der Waals surface area contributed by atoms with E-state index in [1.54, 1.807) is 18.2 Å². The summed E-state index contributed by atoms with van der Waals surface area (Å²) in [6.45, 7) is 0.298. The van der Waals surface area contributed by atoms with Crippen molar-refractivity contribution in [1.82, 2.24) is 15.2 Å². The third kappa shape index (κ3) is 2.82. The molecule has 3 amide bonds. The molecule has 2 aliphatic heterocycles. The summed E-state index contributed by atoms with van der Waals surface area (Å²) in [5, 5.41) is 3.77. The molecule has 144 valence electrons. The number of nitrogens with one attached hydrogen (secondary N) is 2. The number of nitrogens with zero attached hydrogens (tertiary/aromatic N) is 1. The smallest absolute Gasteiger partial charge is 0.256 e. The molecule has 3 heterocycles. The van der Waals surface area contributed by atoms with Crippen molar-refractivity contribution in [2.75, 3.05) is 0 Å². The van der Waals surface area contributed by atoms with Gasteiger partial charge in [0.05, 0.1) is 0 Å². The number of H-pyrrole nitrogens is 1. The van der Waals surface area contributed by atoms with Crippen molar-refractivity contribution in [3.63, 3.8) is 0 Å². The van der Waals surface area contributed by atoms with E-state index in [4.69, 9.17) is 0 Å². The van der Waals surface area contributed by atoms with Gasteiger partial charge in [0, 0.05) is 29.6 Å². The maximum atomic E-state index is 12.8. The molecule has 1 aromatic heterocycles. The number of hydrogen-bond donors (Lipinski definition) is 2. The highest BCUT2D eigenvalue weighted by atomic mass is 16.2. The Hall–Kier alpha value is -3.74. The number of rotatable bonds is 2. The van der Waals surface area contributed by atoms with Gasteiger partial charge < -0.3 is 9.88 Å². The van der Waals surface area contributed by atoms with Gasteiger partial charge in [-0.3, -0.25) is 24.5 Å². The van der Waals surface area contributed by atoms with E-state index in [0.29, 0.717) is 29.6 Å². The van der Waals surface area contributed by atoms with Crippen LogP contribution in [0.25, 0.3) is 22.0 Å². The van der Waals surface area contributed by atoms with E-state index in [0.717, 1.165) is 16.5 Å². The molecule has 1 fully saturated rings. The van der Waals surface area contributed by atoms with Crippen LogP contribution in [-0.2, 0) is 16.1 Å². The zero-order valence-corrected chi connectivity index (χ0v) is 15.4. The number of fused-ring (bicyclic) bond motifs is 2. The summed E-state index contributed by atoms with van der Waals surface area (Å²) in [4.78, 5) is 53.2. The number of benzene rings is 2. The van der Waals surface area contributed by atoms with Crippen molar-refractivity contribution < 1.29 is 14.4 Å². The predicted octanol–water partition coefficient (Wildman–Crippen LogP) is 1.96. The lowest BCUT2D eigenvalue weighted by atomic mass is 10.0. The van der Waals surface area contributed by atoms with Crippen molar-refractivity contribution >= 4 is 28.5 Å².